The van der Waals surface area contributed by atoms with Gasteiger partial charge >= 0.3 is 0 Å². The first-order chi connectivity index (χ1) is 15.0. The molecule has 3 heterocycles. The maximum atomic E-state index is 13.5. The lowest BCUT2D eigenvalue weighted by molar-refractivity contribution is 0.0993. The van der Waals surface area contributed by atoms with Gasteiger partial charge in [0.25, 0.3) is 11.8 Å². The van der Waals surface area contributed by atoms with Gasteiger partial charge in [0, 0.05) is 5.56 Å². The Morgan fingerprint density at radius 1 is 1.06 bits per heavy atom. The molecule has 2 aromatic carbocycles. The van der Waals surface area contributed by atoms with Gasteiger partial charge in [0.1, 0.15) is 17.8 Å². The molecule has 0 aliphatic carbocycles. The molecule has 0 aliphatic rings. The Labute approximate surface area is 178 Å². The number of hydrogen-bond acceptors (Lipinski definition) is 6. The van der Waals surface area contributed by atoms with Crippen molar-refractivity contribution < 1.29 is 14.0 Å². The molecule has 0 spiro atoms. The van der Waals surface area contributed by atoms with Crippen LogP contribution in [0.4, 0.5) is 9.52 Å². The molecule has 31 heavy (non-hydrogen) atoms. The van der Waals surface area contributed by atoms with E-state index in [1.807, 2.05) is 30.3 Å². The number of hydrogen-bond donors (Lipinski definition) is 2. The lowest BCUT2D eigenvalue weighted by Crippen LogP contribution is -2.17. The largest absolute Gasteiger partial charge is 0.364 e. The summed E-state index contributed by atoms with van der Waals surface area (Å²) in [6, 6.07) is 15.0. The molecule has 0 atom stereocenters. The first kappa shape index (κ1) is 18.8. The number of thiazole rings is 1. The molecule has 0 radical (unpaired) electrons. The van der Waals surface area contributed by atoms with Crippen LogP contribution < -0.4 is 11.1 Å². The van der Waals surface area contributed by atoms with Crippen molar-refractivity contribution in [3.63, 3.8) is 0 Å². The number of nitrogens with two attached hydrogens (primary N) is 1. The maximum Gasteiger partial charge on any atom is 0.274 e. The van der Waals surface area contributed by atoms with Gasteiger partial charge < -0.3 is 5.73 Å². The number of amides is 2. The molecule has 0 saturated heterocycles. The average Bonchev–Trinajstić information content (AvgIpc) is 3.36. The lowest BCUT2D eigenvalue weighted by Gasteiger charge is -2.09. The number of halogens is 1. The number of nitrogens with zero attached hydrogens (tertiary/aromatic N) is 4. The molecule has 152 valence electrons. The van der Waals surface area contributed by atoms with Gasteiger partial charge in [-0.2, -0.15) is 0 Å². The molecule has 0 bridgehead atoms. The van der Waals surface area contributed by atoms with Gasteiger partial charge in [-0.15, -0.1) is 0 Å². The number of anilines is 1. The minimum absolute atomic E-state index is 0.0395. The summed E-state index contributed by atoms with van der Waals surface area (Å²) in [5.41, 5.74) is 7.55. The van der Waals surface area contributed by atoms with E-state index in [0.717, 1.165) is 16.9 Å². The minimum Gasteiger partial charge on any atom is -0.364 e. The number of primary amides is 1. The van der Waals surface area contributed by atoms with E-state index in [4.69, 9.17) is 5.73 Å². The molecule has 8 nitrogen and oxygen atoms in total. The summed E-state index contributed by atoms with van der Waals surface area (Å²) in [7, 11) is 0. The van der Waals surface area contributed by atoms with Crippen LogP contribution in [0.25, 0.3) is 27.1 Å². The zero-order chi connectivity index (χ0) is 21.5. The molecule has 3 aromatic heterocycles. The second-order valence-electron chi connectivity index (χ2n) is 6.63. The van der Waals surface area contributed by atoms with Crippen molar-refractivity contribution >= 4 is 44.1 Å². The Morgan fingerprint density at radius 2 is 1.87 bits per heavy atom. The molecule has 0 aliphatic heterocycles. The first-order valence-corrected chi connectivity index (χ1v) is 9.92. The summed E-state index contributed by atoms with van der Waals surface area (Å²) in [5, 5.41) is 3.04. The van der Waals surface area contributed by atoms with Crippen LogP contribution in [0, 0.1) is 5.82 Å². The number of aromatic nitrogens is 4. The van der Waals surface area contributed by atoms with Gasteiger partial charge in [0.15, 0.2) is 16.5 Å². The van der Waals surface area contributed by atoms with Crippen molar-refractivity contribution in [1.29, 1.82) is 0 Å². The van der Waals surface area contributed by atoms with Gasteiger partial charge in [0.05, 0.1) is 15.9 Å². The van der Waals surface area contributed by atoms with Crippen molar-refractivity contribution in [1.82, 2.24) is 19.4 Å². The van der Waals surface area contributed by atoms with E-state index < -0.39 is 11.8 Å². The molecular formula is C21H13FN6O2S. The van der Waals surface area contributed by atoms with Crippen LogP contribution >= 0.6 is 11.3 Å². The van der Waals surface area contributed by atoms with Crippen molar-refractivity contribution in [2.24, 2.45) is 5.73 Å². The summed E-state index contributed by atoms with van der Waals surface area (Å²) in [5.74, 6) is -1.62. The van der Waals surface area contributed by atoms with E-state index in [0.29, 0.717) is 21.0 Å². The molecule has 3 N–H and O–H groups in total. The number of carbonyl (C=O) groups excluding carboxylic acids is 2. The van der Waals surface area contributed by atoms with Gasteiger partial charge in [0.2, 0.25) is 0 Å². The molecule has 2 amide bonds. The van der Waals surface area contributed by atoms with Crippen LogP contribution in [0.3, 0.4) is 0 Å². The van der Waals surface area contributed by atoms with Crippen LogP contribution in [-0.4, -0.2) is 31.2 Å². The smallest absolute Gasteiger partial charge is 0.274 e. The summed E-state index contributed by atoms with van der Waals surface area (Å²) in [4.78, 5) is 37.7. The molecular weight excluding hydrogens is 419 g/mol. The minimum atomic E-state index is -0.750. The first-order valence-electron chi connectivity index (χ1n) is 9.10. The van der Waals surface area contributed by atoms with Crippen LogP contribution in [0.1, 0.15) is 21.0 Å². The second-order valence-corrected chi connectivity index (χ2v) is 7.66. The fourth-order valence-corrected chi connectivity index (χ4v) is 4.07. The van der Waals surface area contributed by atoms with Crippen molar-refractivity contribution in [2.75, 3.05) is 5.32 Å². The van der Waals surface area contributed by atoms with E-state index in [1.165, 1.54) is 22.9 Å². The van der Waals surface area contributed by atoms with Gasteiger partial charge in [-0.05, 0) is 24.3 Å². The van der Waals surface area contributed by atoms with Crippen LogP contribution in [0.5, 0.6) is 0 Å². The Bertz CT molecular complexity index is 1480. The monoisotopic (exact) mass is 432 g/mol. The third kappa shape index (κ3) is 3.38. The van der Waals surface area contributed by atoms with Crippen molar-refractivity contribution in [3.8, 4) is 11.3 Å². The number of carbonyl (C=O) groups is 2. The van der Waals surface area contributed by atoms with E-state index in [1.54, 1.807) is 12.1 Å². The summed E-state index contributed by atoms with van der Waals surface area (Å²) in [6.07, 6.45) is 1.32. The zero-order valence-electron chi connectivity index (χ0n) is 15.7. The molecule has 10 heteroatoms. The highest BCUT2D eigenvalue weighted by Crippen LogP contribution is 2.27. The highest BCUT2D eigenvalue weighted by Gasteiger charge is 2.20. The zero-order valence-corrected chi connectivity index (χ0v) is 16.6. The van der Waals surface area contributed by atoms with E-state index >= 15 is 0 Å². The highest BCUT2D eigenvalue weighted by atomic mass is 32.1. The number of benzene rings is 2. The Hall–Kier alpha value is -4.18. The van der Waals surface area contributed by atoms with E-state index in [-0.39, 0.29) is 22.9 Å². The Morgan fingerprint density at radius 3 is 2.65 bits per heavy atom. The van der Waals surface area contributed by atoms with Crippen LogP contribution in [-0.2, 0) is 0 Å². The number of nitrogens with one attached hydrogen (secondary N) is 1. The SMILES string of the molecule is NC(=O)c1ncn2c(C(=O)Nc3nc4ccc(F)cc4s3)cc(-c3ccccc3)nc12. The molecule has 5 aromatic rings. The third-order valence-electron chi connectivity index (χ3n) is 4.61. The second kappa shape index (κ2) is 7.26. The third-order valence-corrected chi connectivity index (χ3v) is 5.54. The fraction of sp³-hybridized carbons (Fsp3) is 0. The highest BCUT2D eigenvalue weighted by molar-refractivity contribution is 7.22. The van der Waals surface area contributed by atoms with Gasteiger partial charge in [-0.1, -0.05) is 41.7 Å². The molecule has 0 saturated carbocycles. The number of rotatable bonds is 4. The standard InChI is InChI=1S/C21H13FN6O2S/c22-12-6-7-13-16(8-12)31-21(26-13)27-20(30)15-9-14(11-4-2-1-3-5-11)25-19-17(18(23)29)24-10-28(15)19/h1-10H,(H2,23,29)(H,26,27,30). The number of imidazole rings is 1. The predicted molar refractivity (Wildman–Crippen MR) is 114 cm³/mol. The topological polar surface area (TPSA) is 115 Å². The van der Waals surface area contributed by atoms with Gasteiger partial charge in [-0.3, -0.25) is 19.3 Å². The van der Waals surface area contributed by atoms with Crippen LogP contribution in [0.15, 0.2) is 60.9 Å². The van der Waals surface area contributed by atoms with Crippen molar-refractivity contribution in [3.05, 3.63) is 78.1 Å². The van der Waals surface area contributed by atoms with Crippen LogP contribution in [0.2, 0.25) is 0 Å². The Balaban J connectivity index is 1.61. The van der Waals surface area contributed by atoms with E-state index in [9.17, 15) is 14.0 Å². The number of fused-ring (bicyclic) bond motifs is 2. The normalized spacial score (nSPS) is 11.1. The van der Waals surface area contributed by atoms with Gasteiger partial charge in [-0.25, -0.2) is 19.3 Å². The summed E-state index contributed by atoms with van der Waals surface area (Å²) in [6.45, 7) is 0. The Kier molecular flexibility index (Phi) is 4.41. The summed E-state index contributed by atoms with van der Waals surface area (Å²) < 4.78 is 15.5. The van der Waals surface area contributed by atoms with Crippen molar-refractivity contribution in [2.45, 2.75) is 0 Å². The molecule has 0 unspecified atom stereocenters. The predicted octanol–water partition coefficient (Wildman–Crippen LogP) is 3.50. The summed E-state index contributed by atoms with van der Waals surface area (Å²) >= 11 is 1.15. The quantitative estimate of drug-likeness (QED) is 0.451. The lowest BCUT2D eigenvalue weighted by atomic mass is 10.1. The molecule has 0 fully saturated rings. The maximum absolute atomic E-state index is 13.5. The molecule has 5 rings (SSSR count). The average molecular weight is 432 g/mol. The van der Waals surface area contributed by atoms with E-state index in [2.05, 4.69) is 20.3 Å². The fourth-order valence-electron chi connectivity index (χ4n) is 3.19.